The van der Waals surface area contributed by atoms with E-state index in [0.29, 0.717) is 0 Å². The Morgan fingerprint density at radius 1 is 1.18 bits per heavy atom. The fourth-order valence-corrected chi connectivity index (χ4v) is 2.91. The van der Waals surface area contributed by atoms with E-state index in [4.69, 9.17) is 4.42 Å². The summed E-state index contributed by atoms with van der Waals surface area (Å²) < 4.78 is 5.80. The normalized spacial score (nSPS) is 11.8. The summed E-state index contributed by atoms with van der Waals surface area (Å²) in [5.41, 5.74) is 0.942. The van der Waals surface area contributed by atoms with Gasteiger partial charge in [-0.3, -0.25) is 4.99 Å². The molecular weight excluding hydrogens is 294 g/mol. The molecule has 0 unspecified atom stereocenters. The molecule has 0 saturated carbocycles. The molecule has 0 spiro atoms. The molecule has 2 heterocycles. The quantitative estimate of drug-likeness (QED) is 0.560. The van der Waals surface area contributed by atoms with E-state index >= 15 is 0 Å². The third-order valence-electron chi connectivity index (χ3n) is 3.37. The van der Waals surface area contributed by atoms with Crippen molar-refractivity contribution in [3.63, 3.8) is 0 Å². The molecule has 1 aromatic carbocycles. The third-order valence-corrected chi connectivity index (χ3v) is 4.25. The summed E-state index contributed by atoms with van der Waals surface area (Å²) in [6.07, 6.45) is 0.828. The van der Waals surface area contributed by atoms with Gasteiger partial charge in [-0.15, -0.1) is 11.3 Å². The van der Waals surface area contributed by atoms with E-state index in [1.165, 1.54) is 4.88 Å². The zero-order valence-electron chi connectivity index (χ0n) is 12.5. The summed E-state index contributed by atoms with van der Waals surface area (Å²) in [7, 11) is 1.78. The van der Waals surface area contributed by atoms with Gasteiger partial charge in [0.25, 0.3) is 0 Å². The number of nitrogens with zero attached hydrogens (tertiary/aromatic N) is 1. The molecule has 0 aliphatic rings. The van der Waals surface area contributed by atoms with Gasteiger partial charge < -0.3 is 15.1 Å². The number of para-hydroxylation sites is 1. The van der Waals surface area contributed by atoms with Crippen molar-refractivity contribution in [3.05, 3.63) is 58.5 Å². The van der Waals surface area contributed by atoms with Crippen molar-refractivity contribution < 1.29 is 4.42 Å². The molecule has 0 aliphatic heterocycles. The van der Waals surface area contributed by atoms with E-state index in [-0.39, 0.29) is 0 Å². The Morgan fingerprint density at radius 3 is 2.86 bits per heavy atom. The van der Waals surface area contributed by atoms with Crippen LogP contribution in [0.1, 0.15) is 10.6 Å². The molecule has 0 aliphatic carbocycles. The Kier molecular flexibility index (Phi) is 4.75. The van der Waals surface area contributed by atoms with Crippen LogP contribution in [-0.4, -0.2) is 19.6 Å². The van der Waals surface area contributed by atoms with Gasteiger partial charge in [-0.2, -0.15) is 0 Å². The molecule has 2 N–H and O–H groups in total. The number of nitrogens with one attached hydrogen (secondary N) is 2. The van der Waals surface area contributed by atoms with Crippen molar-refractivity contribution in [3.8, 4) is 0 Å². The maximum absolute atomic E-state index is 5.80. The van der Waals surface area contributed by atoms with Crippen molar-refractivity contribution in [1.29, 1.82) is 0 Å². The largest absolute Gasteiger partial charge is 0.461 e. The number of aliphatic imine (C=N–C) groups is 1. The molecular formula is C17H19N3OS. The molecule has 4 nitrogen and oxygen atoms in total. The lowest BCUT2D eigenvalue weighted by Crippen LogP contribution is -2.37. The van der Waals surface area contributed by atoms with E-state index in [1.54, 1.807) is 18.4 Å². The van der Waals surface area contributed by atoms with Gasteiger partial charge >= 0.3 is 0 Å². The number of rotatable bonds is 5. The number of benzene rings is 1. The lowest BCUT2D eigenvalue weighted by Gasteiger charge is -2.10. The first-order chi connectivity index (χ1) is 10.8. The van der Waals surface area contributed by atoms with Crippen LogP contribution in [0.15, 0.2) is 57.3 Å². The number of thiophene rings is 1. The van der Waals surface area contributed by atoms with Gasteiger partial charge in [-0.25, -0.2) is 0 Å². The minimum atomic E-state index is 0.782. The molecule has 22 heavy (non-hydrogen) atoms. The second-order valence-electron chi connectivity index (χ2n) is 4.93. The van der Waals surface area contributed by atoms with Gasteiger partial charge in [0.2, 0.25) is 0 Å². The lowest BCUT2D eigenvalue weighted by atomic mass is 10.2. The number of furan rings is 1. The van der Waals surface area contributed by atoms with E-state index in [2.05, 4.69) is 45.3 Å². The second kappa shape index (κ2) is 7.13. The Morgan fingerprint density at radius 2 is 2.09 bits per heavy atom. The second-order valence-corrected chi connectivity index (χ2v) is 5.96. The van der Waals surface area contributed by atoms with Gasteiger partial charge in [-0.1, -0.05) is 24.3 Å². The Balaban J connectivity index is 1.48. The molecule has 0 radical (unpaired) electrons. The fourth-order valence-electron chi connectivity index (χ4n) is 2.27. The number of hydrogen-bond acceptors (Lipinski definition) is 3. The van der Waals surface area contributed by atoms with Crippen LogP contribution in [0.3, 0.4) is 0 Å². The fraction of sp³-hybridized carbons (Fsp3) is 0.235. The maximum atomic E-state index is 5.80. The molecule has 5 heteroatoms. The van der Waals surface area contributed by atoms with E-state index in [9.17, 15) is 0 Å². The lowest BCUT2D eigenvalue weighted by molar-refractivity contribution is 0.544. The molecule has 114 valence electrons. The van der Waals surface area contributed by atoms with E-state index in [0.717, 1.165) is 42.2 Å². The Hall–Kier alpha value is -2.27. The van der Waals surface area contributed by atoms with Crippen molar-refractivity contribution in [2.24, 2.45) is 4.99 Å². The van der Waals surface area contributed by atoms with Crippen LogP contribution in [0.2, 0.25) is 0 Å². The van der Waals surface area contributed by atoms with Crippen LogP contribution in [0.4, 0.5) is 0 Å². The van der Waals surface area contributed by atoms with Crippen LogP contribution < -0.4 is 10.6 Å². The number of hydrogen-bond donors (Lipinski definition) is 2. The van der Waals surface area contributed by atoms with Crippen LogP contribution in [-0.2, 0) is 13.0 Å². The average Bonchev–Trinajstić information content (AvgIpc) is 3.19. The summed E-state index contributed by atoms with van der Waals surface area (Å²) >= 11 is 1.74. The molecule has 0 fully saturated rings. The highest BCUT2D eigenvalue weighted by molar-refractivity contribution is 7.09. The standard InChI is InChI=1S/C17H19N3OS/c1-18-17(20-12-15-6-4-10-22-15)19-9-8-14-11-13-5-2-3-7-16(13)21-14/h2-7,10-11H,8-9,12H2,1H3,(H2,18,19,20). The highest BCUT2D eigenvalue weighted by Crippen LogP contribution is 2.18. The van der Waals surface area contributed by atoms with Gasteiger partial charge in [0, 0.05) is 30.3 Å². The van der Waals surface area contributed by atoms with Crippen molar-refractivity contribution >= 4 is 28.3 Å². The molecule has 2 aromatic heterocycles. The average molecular weight is 313 g/mol. The van der Waals surface area contributed by atoms with Gasteiger partial charge in [-0.05, 0) is 23.6 Å². The molecule has 3 aromatic rings. The summed E-state index contributed by atoms with van der Waals surface area (Å²) in [6, 6.07) is 14.3. The summed E-state index contributed by atoms with van der Waals surface area (Å²) in [5.74, 6) is 1.80. The monoisotopic (exact) mass is 313 g/mol. The summed E-state index contributed by atoms with van der Waals surface area (Å²) in [5, 5.41) is 9.84. The predicted molar refractivity (Wildman–Crippen MR) is 92.4 cm³/mol. The number of guanidine groups is 1. The third kappa shape index (κ3) is 3.68. The highest BCUT2D eigenvalue weighted by atomic mass is 32.1. The summed E-state index contributed by atoms with van der Waals surface area (Å²) in [4.78, 5) is 5.52. The van der Waals surface area contributed by atoms with Gasteiger partial charge in [0.05, 0.1) is 6.54 Å². The van der Waals surface area contributed by atoms with E-state index < -0.39 is 0 Å². The summed E-state index contributed by atoms with van der Waals surface area (Å²) in [6.45, 7) is 1.58. The molecule has 3 rings (SSSR count). The highest BCUT2D eigenvalue weighted by Gasteiger charge is 2.04. The minimum absolute atomic E-state index is 0.782. The number of fused-ring (bicyclic) bond motifs is 1. The molecule has 0 amide bonds. The first-order valence-electron chi connectivity index (χ1n) is 7.29. The smallest absolute Gasteiger partial charge is 0.191 e. The van der Waals surface area contributed by atoms with Gasteiger partial charge in [0.1, 0.15) is 11.3 Å². The Labute approximate surface area is 133 Å². The van der Waals surface area contributed by atoms with E-state index in [1.807, 2.05) is 18.2 Å². The first kappa shape index (κ1) is 14.7. The van der Waals surface area contributed by atoms with Crippen LogP contribution in [0.25, 0.3) is 11.0 Å². The van der Waals surface area contributed by atoms with Crippen LogP contribution in [0.5, 0.6) is 0 Å². The molecule has 0 bridgehead atoms. The maximum Gasteiger partial charge on any atom is 0.191 e. The van der Waals surface area contributed by atoms with Crippen LogP contribution in [0, 0.1) is 0 Å². The van der Waals surface area contributed by atoms with Crippen molar-refractivity contribution in [2.45, 2.75) is 13.0 Å². The molecule has 0 saturated heterocycles. The van der Waals surface area contributed by atoms with Gasteiger partial charge in [0.15, 0.2) is 5.96 Å². The predicted octanol–water partition coefficient (Wildman–Crippen LogP) is 3.40. The molecule has 0 atom stereocenters. The first-order valence-corrected chi connectivity index (χ1v) is 8.17. The Bertz CT molecular complexity index is 713. The van der Waals surface area contributed by atoms with Crippen molar-refractivity contribution in [1.82, 2.24) is 10.6 Å². The zero-order valence-corrected chi connectivity index (χ0v) is 13.3. The zero-order chi connectivity index (χ0) is 15.2. The minimum Gasteiger partial charge on any atom is -0.461 e. The topological polar surface area (TPSA) is 49.6 Å². The SMILES string of the molecule is CN=C(NCCc1cc2ccccc2o1)NCc1cccs1. The van der Waals surface area contributed by atoms with Crippen molar-refractivity contribution in [2.75, 3.05) is 13.6 Å². The van der Waals surface area contributed by atoms with Crippen LogP contribution >= 0.6 is 11.3 Å².